The summed E-state index contributed by atoms with van der Waals surface area (Å²) in [7, 11) is 1.73. The average Bonchev–Trinajstić information content (AvgIpc) is 3.21. The van der Waals surface area contributed by atoms with Gasteiger partial charge in [0.2, 0.25) is 5.78 Å². The van der Waals surface area contributed by atoms with Crippen LogP contribution < -0.4 is 4.74 Å². The summed E-state index contributed by atoms with van der Waals surface area (Å²) in [6, 6.07) is 13.1. The molecule has 5 nitrogen and oxygen atoms in total. The summed E-state index contributed by atoms with van der Waals surface area (Å²) in [5, 5.41) is 3.98. The van der Waals surface area contributed by atoms with Gasteiger partial charge in [-0.25, -0.2) is 0 Å². The van der Waals surface area contributed by atoms with Crippen molar-refractivity contribution in [2.75, 3.05) is 0 Å². The molecule has 0 fully saturated rings. The number of ketones is 1. The number of furan rings is 1. The molecule has 0 amide bonds. The Balaban J connectivity index is 1.61. The van der Waals surface area contributed by atoms with Gasteiger partial charge in [0.1, 0.15) is 29.6 Å². The van der Waals surface area contributed by atoms with Crippen molar-refractivity contribution in [3.05, 3.63) is 77.5 Å². The van der Waals surface area contributed by atoms with Crippen molar-refractivity contribution in [2.45, 2.75) is 13.5 Å². The molecule has 0 atom stereocenters. The van der Waals surface area contributed by atoms with Crippen molar-refractivity contribution >= 4 is 11.9 Å². The van der Waals surface area contributed by atoms with E-state index in [1.807, 2.05) is 43.3 Å². The van der Waals surface area contributed by atoms with E-state index in [2.05, 4.69) is 5.10 Å². The van der Waals surface area contributed by atoms with Crippen LogP contribution in [0.5, 0.6) is 5.75 Å². The topological polar surface area (TPSA) is 57.3 Å². The Kier molecular flexibility index (Phi) is 4.61. The molecule has 0 spiro atoms. The molecule has 0 unspecified atom stereocenters. The normalized spacial score (nSPS) is 11.1. The molecule has 5 heteroatoms. The Bertz CT molecular complexity index is 874. The van der Waals surface area contributed by atoms with E-state index in [-0.39, 0.29) is 5.78 Å². The maximum Gasteiger partial charge on any atom is 0.203 e. The first-order valence-corrected chi connectivity index (χ1v) is 7.61. The largest absolute Gasteiger partial charge is 0.485 e. The van der Waals surface area contributed by atoms with E-state index in [0.29, 0.717) is 23.8 Å². The molecule has 0 radical (unpaired) electrons. The van der Waals surface area contributed by atoms with E-state index in [9.17, 15) is 4.79 Å². The predicted octanol–water partition coefficient (Wildman–Crippen LogP) is 3.80. The van der Waals surface area contributed by atoms with Gasteiger partial charge >= 0.3 is 0 Å². The van der Waals surface area contributed by atoms with Gasteiger partial charge in [-0.05, 0) is 48.9 Å². The molecule has 0 aliphatic carbocycles. The van der Waals surface area contributed by atoms with Crippen molar-refractivity contribution in [1.29, 1.82) is 0 Å². The van der Waals surface area contributed by atoms with Gasteiger partial charge < -0.3 is 9.15 Å². The van der Waals surface area contributed by atoms with Gasteiger partial charge in [0.15, 0.2) is 0 Å². The number of benzene rings is 1. The van der Waals surface area contributed by atoms with Crippen LogP contribution in [-0.2, 0) is 13.7 Å². The molecule has 0 bridgehead atoms. The quantitative estimate of drug-likeness (QED) is 0.512. The standard InChI is InChI=1S/C19H18N2O3/c1-14-5-3-4-6-19(14)23-13-16-8-7-15(24-16)9-10-18(22)17-11-12-20-21(17)2/h3-12H,13H2,1-2H3/b10-9+. The van der Waals surface area contributed by atoms with Crippen LogP contribution in [-0.4, -0.2) is 15.6 Å². The molecule has 24 heavy (non-hydrogen) atoms. The van der Waals surface area contributed by atoms with E-state index in [1.54, 1.807) is 25.4 Å². The number of para-hydroxylation sites is 1. The Morgan fingerprint density at radius 3 is 2.83 bits per heavy atom. The Morgan fingerprint density at radius 1 is 1.25 bits per heavy atom. The van der Waals surface area contributed by atoms with Crippen LogP contribution in [0.25, 0.3) is 6.08 Å². The first kappa shape index (κ1) is 15.8. The zero-order chi connectivity index (χ0) is 16.9. The van der Waals surface area contributed by atoms with E-state index in [1.165, 1.54) is 10.8 Å². The third-order valence-corrected chi connectivity index (χ3v) is 3.62. The molecule has 2 heterocycles. The lowest BCUT2D eigenvalue weighted by Gasteiger charge is -2.06. The van der Waals surface area contributed by atoms with E-state index in [4.69, 9.17) is 9.15 Å². The molecule has 0 saturated heterocycles. The second kappa shape index (κ2) is 7.00. The molecule has 0 aliphatic rings. The third kappa shape index (κ3) is 3.63. The van der Waals surface area contributed by atoms with Gasteiger partial charge in [0.05, 0.1) is 0 Å². The molecule has 122 valence electrons. The monoisotopic (exact) mass is 322 g/mol. The minimum Gasteiger partial charge on any atom is -0.485 e. The van der Waals surface area contributed by atoms with Crippen molar-refractivity contribution in [3.8, 4) is 5.75 Å². The van der Waals surface area contributed by atoms with E-state index >= 15 is 0 Å². The van der Waals surface area contributed by atoms with Crippen molar-refractivity contribution in [1.82, 2.24) is 9.78 Å². The Labute approximate surface area is 140 Å². The number of hydrogen-bond donors (Lipinski definition) is 0. The van der Waals surface area contributed by atoms with Crippen molar-refractivity contribution in [2.24, 2.45) is 7.05 Å². The third-order valence-electron chi connectivity index (χ3n) is 3.62. The van der Waals surface area contributed by atoms with Gasteiger partial charge in [-0.2, -0.15) is 5.10 Å². The van der Waals surface area contributed by atoms with Crippen LogP contribution in [0.1, 0.15) is 27.6 Å². The molecule has 2 aromatic heterocycles. The highest BCUT2D eigenvalue weighted by Gasteiger charge is 2.07. The summed E-state index contributed by atoms with van der Waals surface area (Å²) in [4.78, 5) is 12.0. The minimum atomic E-state index is -0.121. The second-order valence-corrected chi connectivity index (χ2v) is 5.40. The fraction of sp³-hybridized carbons (Fsp3) is 0.158. The lowest BCUT2D eigenvalue weighted by atomic mass is 10.2. The van der Waals surface area contributed by atoms with Gasteiger partial charge in [0, 0.05) is 13.2 Å². The molecular formula is C19H18N2O3. The highest BCUT2D eigenvalue weighted by Crippen LogP contribution is 2.19. The number of rotatable bonds is 6. The molecule has 3 aromatic rings. The second-order valence-electron chi connectivity index (χ2n) is 5.40. The maximum atomic E-state index is 12.0. The number of aromatic nitrogens is 2. The zero-order valence-electron chi connectivity index (χ0n) is 13.6. The summed E-state index contributed by atoms with van der Waals surface area (Å²) in [6.07, 6.45) is 4.71. The van der Waals surface area contributed by atoms with Crippen LogP contribution >= 0.6 is 0 Å². The fourth-order valence-corrected chi connectivity index (χ4v) is 2.29. The minimum absolute atomic E-state index is 0.121. The Hall–Kier alpha value is -3.08. The molecule has 1 aromatic carbocycles. The van der Waals surface area contributed by atoms with E-state index < -0.39 is 0 Å². The predicted molar refractivity (Wildman–Crippen MR) is 90.8 cm³/mol. The van der Waals surface area contributed by atoms with Crippen LogP contribution in [0.3, 0.4) is 0 Å². The van der Waals surface area contributed by atoms with Gasteiger partial charge in [0.25, 0.3) is 0 Å². The number of hydrogen-bond acceptors (Lipinski definition) is 4. The highest BCUT2D eigenvalue weighted by atomic mass is 16.5. The SMILES string of the molecule is Cc1ccccc1OCc1ccc(/C=C/C(=O)c2ccnn2C)o1. The average molecular weight is 322 g/mol. The zero-order valence-corrected chi connectivity index (χ0v) is 13.6. The van der Waals surface area contributed by atoms with E-state index in [0.717, 1.165) is 11.3 Å². The molecule has 3 rings (SSSR count). The van der Waals surface area contributed by atoms with Crippen LogP contribution in [0.2, 0.25) is 0 Å². The number of aryl methyl sites for hydroxylation is 2. The molecule has 0 aliphatic heterocycles. The first-order valence-electron chi connectivity index (χ1n) is 7.61. The van der Waals surface area contributed by atoms with Crippen LogP contribution in [0.4, 0.5) is 0 Å². The lowest BCUT2D eigenvalue weighted by molar-refractivity contribution is 0.103. The fourth-order valence-electron chi connectivity index (χ4n) is 2.29. The summed E-state index contributed by atoms with van der Waals surface area (Å²) in [5.41, 5.74) is 1.60. The summed E-state index contributed by atoms with van der Waals surface area (Å²) >= 11 is 0. The van der Waals surface area contributed by atoms with Crippen LogP contribution in [0, 0.1) is 6.92 Å². The molecule has 0 N–H and O–H groups in total. The van der Waals surface area contributed by atoms with Gasteiger partial charge in [-0.3, -0.25) is 9.48 Å². The molecule has 0 saturated carbocycles. The maximum absolute atomic E-state index is 12.0. The number of nitrogens with zero attached hydrogens (tertiary/aromatic N) is 2. The van der Waals surface area contributed by atoms with Gasteiger partial charge in [-0.1, -0.05) is 18.2 Å². The lowest BCUT2D eigenvalue weighted by Crippen LogP contribution is -2.03. The number of ether oxygens (including phenoxy) is 1. The van der Waals surface area contributed by atoms with Crippen LogP contribution in [0.15, 0.2) is 59.2 Å². The smallest absolute Gasteiger partial charge is 0.203 e. The Morgan fingerprint density at radius 2 is 2.08 bits per heavy atom. The van der Waals surface area contributed by atoms with Crippen molar-refractivity contribution in [3.63, 3.8) is 0 Å². The summed E-state index contributed by atoms with van der Waals surface area (Å²) in [6.45, 7) is 2.34. The number of allylic oxidation sites excluding steroid dienone is 1. The molecular weight excluding hydrogens is 304 g/mol. The highest BCUT2D eigenvalue weighted by molar-refractivity contribution is 6.05. The van der Waals surface area contributed by atoms with Gasteiger partial charge in [-0.15, -0.1) is 0 Å². The van der Waals surface area contributed by atoms with Crippen molar-refractivity contribution < 1.29 is 13.9 Å². The number of carbonyl (C=O) groups is 1. The summed E-state index contributed by atoms with van der Waals surface area (Å²) < 4.78 is 12.9. The summed E-state index contributed by atoms with van der Waals surface area (Å²) in [5.74, 6) is 2.02. The number of carbonyl (C=O) groups excluding carboxylic acids is 1. The first-order chi connectivity index (χ1) is 11.6.